The predicted molar refractivity (Wildman–Crippen MR) is 66.9 cm³/mol. The molecule has 6 heteroatoms. The quantitative estimate of drug-likeness (QED) is 0.757. The lowest BCUT2D eigenvalue weighted by atomic mass is 10.1. The van der Waals surface area contributed by atoms with E-state index in [1.807, 2.05) is 0 Å². The second-order valence-electron chi connectivity index (χ2n) is 3.99. The number of imidazole rings is 1. The number of primary amides is 1. The molecule has 0 aliphatic rings. The summed E-state index contributed by atoms with van der Waals surface area (Å²) in [6.45, 7) is 0. The number of carbonyl (C=O) groups is 1. The van der Waals surface area contributed by atoms with Gasteiger partial charge in [-0.1, -0.05) is 12.1 Å². The number of carbonyl (C=O) groups excluding carboxylic acids is 1. The summed E-state index contributed by atoms with van der Waals surface area (Å²) >= 11 is 0. The lowest BCUT2D eigenvalue weighted by Crippen LogP contribution is -2.12. The SMILES string of the molecule is NC(=O)c1ncn2c(-c3cccc(F)c3)ccnc12. The molecule has 0 aliphatic heterocycles. The zero-order valence-electron chi connectivity index (χ0n) is 9.75. The number of halogens is 1. The number of nitrogens with zero attached hydrogens (tertiary/aromatic N) is 3. The largest absolute Gasteiger partial charge is 0.364 e. The summed E-state index contributed by atoms with van der Waals surface area (Å²) in [5.74, 6) is -0.982. The van der Waals surface area contributed by atoms with Gasteiger partial charge in [-0.05, 0) is 18.2 Å². The molecule has 2 heterocycles. The van der Waals surface area contributed by atoms with Gasteiger partial charge in [0.1, 0.15) is 12.1 Å². The molecule has 0 radical (unpaired) electrons. The zero-order chi connectivity index (χ0) is 13.4. The number of benzene rings is 1. The molecule has 0 fully saturated rings. The van der Waals surface area contributed by atoms with Crippen molar-refractivity contribution in [3.63, 3.8) is 0 Å². The molecule has 0 saturated carbocycles. The van der Waals surface area contributed by atoms with Crippen LogP contribution in [0.3, 0.4) is 0 Å². The van der Waals surface area contributed by atoms with Gasteiger partial charge in [0.2, 0.25) is 0 Å². The van der Waals surface area contributed by atoms with Crippen molar-refractivity contribution in [2.45, 2.75) is 0 Å². The van der Waals surface area contributed by atoms with Crippen molar-refractivity contribution < 1.29 is 9.18 Å². The Morgan fingerprint density at radius 1 is 1.26 bits per heavy atom. The first-order chi connectivity index (χ1) is 9.16. The van der Waals surface area contributed by atoms with E-state index in [4.69, 9.17) is 5.73 Å². The smallest absolute Gasteiger partial charge is 0.271 e. The number of fused-ring (bicyclic) bond motifs is 1. The molecule has 0 unspecified atom stereocenters. The maximum absolute atomic E-state index is 13.3. The Kier molecular flexibility index (Phi) is 2.49. The van der Waals surface area contributed by atoms with Gasteiger partial charge in [-0.15, -0.1) is 0 Å². The minimum absolute atomic E-state index is 0.0956. The lowest BCUT2D eigenvalue weighted by Gasteiger charge is -2.05. The summed E-state index contributed by atoms with van der Waals surface area (Å²) in [5, 5.41) is 0. The summed E-state index contributed by atoms with van der Waals surface area (Å²) in [4.78, 5) is 19.2. The van der Waals surface area contributed by atoms with Gasteiger partial charge in [-0.3, -0.25) is 9.20 Å². The Labute approximate surface area is 107 Å². The molecule has 3 aromatic rings. The van der Waals surface area contributed by atoms with Crippen LogP contribution < -0.4 is 5.73 Å². The van der Waals surface area contributed by atoms with Gasteiger partial charge in [0.15, 0.2) is 11.3 Å². The van der Waals surface area contributed by atoms with Crippen LogP contribution in [0.5, 0.6) is 0 Å². The molecule has 19 heavy (non-hydrogen) atoms. The second kappa shape index (κ2) is 4.16. The van der Waals surface area contributed by atoms with E-state index in [0.717, 1.165) is 0 Å². The second-order valence-corrected chi connectivity index (χ2v) is 3.99. The first-order valence-corrected chi connectivity index (χ1v) is 5.54. The lowest BCUT2D eigenvalue weighted by molar-refractivity contribution is 0.0997. The minimum Gasteiger partial charge on any atom is -0.364 e. The van der Waals surface area contributed by atoms with E-state index in [0.29, 0.717) is 16.9 Å². The van der Waals surface area contributed by atoms with Crippen LogP contribution in [0.4, 0.5) is 4.39 Å². The standard InChI is InChI=1S/C13H9FN4O/c14-9-3-1-2-8(6-9)10-4-5-16-13-11(12(15)19)17-7-18(10)13/h1-7H,(H2,15,19). The molecular weight excluding hydrogens is 247 g/mol. The van der Waals surface area contributed by atoms with Crippen LogP contribution in [0, 0.1) is 5.82 Å². The van der Waals surface area contributed by atoms with Crippen molar-refractivity contribution in [1.82, 2.24) is 14.4 Å². The molecule has 3 rings (SSSR count). The monoisotopic (exact) mass is 256 g/mol. The van der Waals surface area contributed by atoms with Crippen LogP contribution >= 0.6 is 0 Å². The highest BCUT2D eigenvalue weighted by Crippen LogP contribution is 2.21. The highest BCUT2D eigenvalue weighted by atomic mass is 19.1. The van der Waals surface area contributed by atoms with E-state index in [1.54, 1.807) is 22.6 Å². The Bertz CT molecular complexity index is 781. The Morgan fingerprint density at radius 2 is 2.11 bits per heavy atom. The van der Waals surface area contributed by atoms with Crippen molar-refractivity contribution in [3.8, 4) is 11.3 Å². The van der Waals surface area contributed by atoms with Crippen LogP contribution in [-0.4, -0.2) is 20.3 Å². The van der Waals surface area contributed by atoms with E-state index in [2.05, 4.69) is 9.97 Å². The van der Waals surface area contributed by atoms with Crippen LogP contribution in [0.2, 0.25) is 0 Å². The molecule has 94 valence electrons. The molecule has 5 nitrogen and oxygen atoms in total. The van der Waals surface area contributed by atoms with Gasteiger partial charge < -0.3 is 5.73 Å². The van der Waals surface area contributed by atoms with Gasteiger partial charge >= 0.3 is 0 Å². The van der Waals surface area contributed by atoms with Crippen molar-refractivity contribution in [2.24, 2.45) is 5.73 Å². The average Bonchev–Trinajstić information content (AvgIpc) is 2.82. The van der Waals surface area contributed by atoms with Crippen molar-refractivity contribution in [2.75, 3.05) is 0 Å². The highest BCUT2D eigenvalue weighted by molar-refractivity contribution is 5.97. The van der Waals surface area contributed by atoms with Crippen molar-refractivity contribution in [3.05, 3.63) is 54.4 Å². The van der Waals surface area contributed by atoms with Crippen LogP contribution in [0.15, 0.2) is 42.9 Å². The molecule has 1 amide bonds. The predicted octanol–water partition coefficient (Wildman–Crippen LogP) is 1.63. The number of amides is 1. The number of hydrogen-bond donors (Lipinski definition) is 1. The molecule has 0 atom stereocenters. The number of hydrogen-bond acceptors (Lipinski definition) is 3. The normalized spacial score (nSPS) is 10.8. The summed E-state index contributed by atoms with van der Waals surface area (Å²) in [6, 6.07) is 7.86. The molecule has 1 aromatic carbocycles. The van der Waals surface area contributed by atoms with Gasteiger partial charge in [-0.2, -0.15) is 0 Å². The van der Waals surface area contributed by atoms with Crippen molar-refractivity contribution >= 4 is 11.6 Å². The van der Waals surface area contributed by atoms with Crippen LogP contribution in [-0.2, 0) is 0 Å². The molecule has 0 bridgehead atoms. The van der Waals surface area contributed by atoms with E-state index in [-0.39, 0.29) is 11.5 Å². The summed E-state index contributed by atoms with van der Waals surface area (Å²) in [6.07, 6.45) is 2.98. The first kappa shape index (κ1) is 11.3. The highest BCUT2D eigenvalue weighted by Gasteiger charge is 2.13. The first-order valence-electron chi connectivity index (χ1n) is 5.54. The fourth-order valence-electron chi connectivity index (χ4n) is 1.96. The fraction of sp³-hybridized carbons (Fsp3) is 0. The van der Waals surface area contributed by atoms with Gasteiger partial charge in [0.25, 0.3) is 5.91 Å². The maximum Gasteiger partial charge on any atom is 0.271 e. The molecule has 0 aliphatic carbocycles. The molecule has 0 saturated heterocycles. The van der Waals surface area contributed by atoms with Crippen LogP contribution in [0.1, 0.15) is 10.5 Å². The zero-order valence-corrected chi connectivity index (χ0v) is 9.75. The third-order valence-electron chi connectivity index (χ3n) is 2.78. The van der Waals surface area contributed by atoms with E-state index < -0.39 is 5.91 Å². The Balaban J connectivity index is 2.28. The van der Waals surface area contributed by atoms with Gasteiger partial charge in [0.05, 0.1) is 5.69 Å². The third kappa shape index (κ3) is 1.83. The molecule has 0 spiro atoms. The topological polar surface area (TPSA) is 73.3 Å². The Morgan fingerprint density at radius 3 is 2.84 bits per heavy atom. The maximum atomic E-state index is 13.3. The fourth-order valence-corrected chi connectivity index (χ4v) is 1.96. The molecular formula is C13H9FN4O. The summed E-state index contributed by atoms with van der Waals surface area (Å²) in [5.41, 5.74) is 7.03. The van der Waals surface area contributed by atoms with Crippen molar-refractivity contribution in [1.29, 1.82) is 0 Å². The van der Waals surface area contributed by atoms with E-state index in [9.17, 15) is 9.18 Å². The number of rotatable bonds is 2. The Hall–Kier alpha value is -2.76. The average molecular weight is 256 g/mol. The number of nitrogens with two attached hydrogens (primary N) is 1. The summed E-state index contributed by atoms with van der Waals surface area (Å²) < 4.78 is 14.9. The summed E-state index contributed by atoms with van der Waals surface area (Å²) in [7, 11) is 0. The van der Waals surface area contributed by atoms with Gasteiger partial charge in [0, 0.05) is 11.8 Å². The minimum atomic E-state index is -0.647. The molecule has 2 N–H and O–H groups in total. The van der Waals surface area contributed by atoms with E-state index >= 15 is 0 Å². The van der Waals surface area contributed by atoms with Gasteiger partial charge in [-0.25, -0.2) is 14.4 Å². The van der Waals surface area contributed by atoms with E-state index in [1.165, 1.54) is 24.7 Å². The number of aromatic nitrogens is 3. The van der Waals surface area contributed by atoms with Crippen LogP contribution in [0.25, 0.3) is 16.9 Å². The molecule has 2 aromatic heterocycles. The third-order valence-corrected chi connectivity index (χ3v) is 2.78.